The molecule has 3 amide bonds. The topological polar surface area (TPSA) is 103 Å². The Kier molecular flexibility index (Phi) is 6.76. The van der Waals surface area contributed by atoms with Gasteiger partial charge in [0.05, 0.1) is 14.2 Å². The van der Waals surface area contributed by atoms with Crippen LogP contribution in [0.5, 0.6) is 11.5 Å². The van der Waals surface area contributed by atoms with Crippen LogP contribution in [-0.4, -0.2) is 39.2 Å². The monoisotopic (exact) mass is 372 g/mol. The molecule has 0 saturated heterocycles. The molecular formula is C19H20N2O6. The van der Waals surface area contributed by atoms with Crippen LogP contribution in [0, 0.1) is 0 Å². The van der Waals surface area contributed by atoms with Crippen molar-refractivity contribution >= 4 is 17.9 Å². The number of urea groups is 1. The van der Waals surface area contributed by atoms with Crippen LogP contribution in [0.2, 0.25) is 0 Å². The van der Waals surface area contributed by atoms with E-state index in [1.807, 2.05) is 0 Å². The van der Waals surface area contributed by atoms with Gasteiger partial charge in [0.15, 0.2) is 0 Å². The molecule has 0 fully saturated rings. The van der Waals surface area contributed by atoms with Crippen LogP contribution in [0.15, 0.2) is 48.5 Å². The van der Waals surface area contributed by atoms with E-state index < -0.39 is 24.0 Å². The third kappa shape index (κ3) is 4.97. The quantitative estimate of drug-likeness (QED) is 0.753. The standard InChI is InChI=1S/C19H20N2O6/c1-20-19(24)21-17(22)16(12-7-5-4-6-8-12)27-18(23)14-10-9-13(25-2)11-15(14)26-3/h4-11,16H,1-3H3,(H2,20,21,22,24). The molecule has 0 spiro atoms. The van der Waals surface area contributed by atoms with Gasteiger partial charge in [-0.3, -0.25) is 10.1 Å². The molecule has 8 nitrogen and oxygen atoms in total. The maximum absolute atomic E-state index is 12.6. The van der Waals surface area contributed by atoms with Gasteiger partial charge in [0.25, 0.3) is 5.91 Å². The second kappa shape index (κ2) is 9.23. The molecule has 27 heavy (non-hydrogen) atoms. The lowest BCUT2D eigenvalue weighted by Gasteiger charge is -2.18. The maximum Gasteiger partial charge on any atom is 0.343 e. The van der Waals surface area contributed by atoms with Crippen molar-refractivity contribution in [1.82, 2.24) is 10.6 Å². The number of nitrogens with one attached hydrogen (secondary N) is 2. The Morgan fingerprint density at radius 1 is 0.963 bits per heavy atom. The summed E-state index contributed by atoms with van der Waals surface area (Å²) >= 11 is 0. The third-order valence-electron chi connectivity index (χ3n) is 3.66. The first-order chi connectivity index (χ1) is 13.0. The van der Waals surface area contributed by atoms with E-state index in [1.54, 1.807) is 36.4 Å². The first kappa shape index (κ1) is 19.8. The molecule has 0 bridgehead atoms. The van der Waals surface area contributed by atoms with E-state index in [1.165, 1.54) is 33.4 Å². The number of carbonyl (C=O) groups is 3. The van der Waals surface area contributed by atoms with Crippen molar-refractivity contribution in [3.8, 4) is 11.5 Å². The molecule has 8 heteroatoms. The van der Waals surface area contributed by atoms with Gasteiger partial charge in [0.1, 0.15) is 17.1 Å². The fourth-order valence-electron chi connectivity index (χ4n) is 2.28. The van der Waals surface area contributed by atoms with Crippen LogP contribution in [0.1, 0.15) is 22.0 Å². The number of methoxy groups -OCH3 is 2. The summed E-state index contributed by atoms with van der Waals surface area (Å²) in [4.78, 5) is 36.5. The van der Waals surface area contributed by atoms with E-state index in [9.17, 15) is 14.4 Å². The van der Waals surface area contributed by atoms with Gasteiger partial charge in [-0.15, -0.1) is 0 Å². The Morgan fingerprint density at radius 3 is 2.26 bits per heavy atom. The van der Waals surface area contributed by atoms with Gasteiger partial charge in [0.2, 0.25) is 6.10 Å². The zero-order valence-electron chi connectivity index (χ0n) is 15.1. The predicted octanol–water partition coefficient (Wildman–Crippen LogP) is 2.06. The van der Waals surface area contributed by atoms with Crippen molar-refractivity contribution in [2.24, 2.45) is 0 Å². The molecule has 0 aliphatic heterocycles. The van der Waals surface area contributed by atoms with E-state index in [0.717, 1.165) is 0 Å². The second-order valence-corrected chi connectivity index (χ2v) is 5.33. The minimum atomic E-state index is -1.32. The van der Waals surface area contributed by atoms with Crippen LogP contribution in [0.4, 0.5) is 4.79 Å². The molecular weight excluding hydrogens is 352 g/mol. The molecule has 0 saturated carbocycles. The van der Waals surface area contributed by atoms with Gasteiger partial charge >= 0.3 is 12.0 Å². The normalized spacial score (nSPS) is 11.1. The summed E-state index contributed by atoms with van der Waals surface area (Å²) in [5.74, 6) is -0.824. The van der Waals surface area contributed by atoms with Gasteiger partial charge in [0, 0.05) is 18.7 Å². The van der Waals surface area contributed by atoms with Crippen LogP contribution >= 0.6 is 0 Å². The lowest BCUT2D eigenvalue weighted by molar-refractivity contribution is -0.129. The van der Waals surface area contributed by atoms with E-state index in [4.69, 9.17) is 14.2 Å². The Bertz CT molecular complexity index is 822. The second-order valence-electron chi connectivity index (χ2n) is 5.33. The number of imide groups is 1. The first-order valence-corrected chi connectivity index (χ1v) is 8.00. The summed E-state index contributed by atoms with van der Waals surface area (Å²) in [6.45, 7) is 0. The lowest BCUT2D eigenvalue weighted by Crippen LogP contribution is -2.41. The molecule has 0 radical (unpaired) electrons. The maximum atomic E-state index is 12.6. The summed E-state index contributed by atoms with van der Waals surface area (Å²) in [5.41, 5.74) is 0.534. The van der Waals surface area contributed by atoms with E-state index in [-0.39, 0.29) is 11.3 Å². The van der Waals surface area contributed by atoms with Crippen LogP contribution in [0.25, 0.3) is 0 Å². The number of rotatable bonds is 6. The highest BCUT2D eigenvalue weighted by atomic mass is 16.6. The van der Waals surface area contributed by atoms with Crippen LogP contribution in [-0.2, 0) is 9.53 Å². The number of esters is 1. The predicted molar refractivity (Wildman–Crippen MR) is 96.7 cm³/mol. The first-order valence-electron chi connectivity index (χ1n) is 8.00. The van der Waals surface area contributed by atoms with Gasteiger partial charge in [-0.05, 0) is 12.1 Å². The van der Waals surface area contributed by atoms with Gasteiger partial charge in [-0.2, -0.15) is 0 Å². The molecule has 2 aromatic rings. The molecule has 0 aliphatic rings. The smallest absolute Gasteiger partial charge is 0.343 e. The summed E-state index contributed by atoms with van der Waals surface area (Å²) < 4.78 is 15.7. The summed E-state index contributed by atoms with van der Waals surface area (Å²) in [5, 5.41) is 4.39. The number of amides is 3. The Balaban J connectivity index is 2.31. The van der Waals surface area contributed by atoms with Crippen molar-refractivity contribution in [2.75, 3.05) is 21.3 Å². The minimum Gasteiger partial charge on any atom is -0.497 e. The number of ether oxygens (including phenoxy) is 3. The number of carbonyl (C=O) groups excluding carboxylic acids is 3. The average molecular weight is 372 g/mol. The lowest BCUT2D eigenvalue weighted by atomic mass is 10.1. The van der Waals surface area contributed by atoms with Crippen molar-refractivity contribution < 1.29 is 28.6 Å². The summed E-state index contributed by atoms with van der Waals surface area (Å²) in [6.07, 6.45) is -1.32. The van der Waals surface area contributed by atoms with Crippen molar-refractivity contribution in [3.05, 3.63) is 59.7 Å². The average Bonchev–Trinajstić information content (AvgIpc) is 2.71. The minimum absolute atomic E-state index is 0.118. The highest BCUT2D eigenvalue weighted by molar-refractivity contribution is 5.99. The molecule has 2 rings (SSSR count). The molecule has 0 aliphatic carbocycles. The molecule has 142 valence electrons. The molecule has 1 unspecified atom stereocenters. The fraction of sp³-hybridized carbons (Fsp3) is 0.211. The zero-order chi connectivity index (χ0) is 19.8. The molecule has 2 N–H and O–H groups in total. The van der Waals surface area contributed by atoms with E-state index >= 15 is 0 Å². The SMILES string of the molecule is CNC(=O)NC(=O)C(OC(=O)c1ccc(OC)cc1OC)c1ccccc1. The third-order valence-corrected chi connectivity index (χ3v) is 3.66. The number of hydrogen-bond acceptors (Lipinski definition) is 6. The molecule has 0 aromatic heterocycles. The molecule has 1 atom stereocenters. The van der Waals surface area contributed by atoms with Gasteiger partial charge in [-0.1, -0.05) is 30.3 Å². The zero-order valence-corrected chi connectivity index (χ0v) is 15.1. The molecule has 2 aromatic carbocycles. The largest absolute Gasteiger partial charge is 0.497 e. The van der Waals surface area contributed by atoms with E-state index in [2.05, 4.69) is 10.6 Å². The van der Waals surface area contributed by atoms with Gasteiger partial charge in [-0.25, -0.2) is 9.59 Å². The Hall–Kier alpha value is -3.55. The summed E-state index contributed by atoms with van der Waals surface area (Å²) in [6, 6.07) is 12.2. The van der Waals surface area contributed by atoms with Crippen molar-refractivity contribution in [3.63, 3.8) is 0 Å². The van der Waals surface area contributed by atoms with Crippen molar-refractivity contribution in [1.29, 1.82) is 0 Å². The Morgan fingerprint density at radius 2 is 1.67 bits per heavy atom. The van der Waals surface area contributed by atoms with E-state index in [0.29, 0.717) is 11.3 Å². The Labute approximate surface area is 156 Å². The van der Waals surface area contributed by atoms with Gasteiger partial charge < -0.3 is 19.5 Å². The highest BCUT2D eigenvalue weighted by Crippen LogP contribution is 2.27. The highest BCUT2D eigenvalue weighted by Gasteiger charge is 2.28. The number of hydrogen-bond donors (Lipinski definition) is 2. The van der Waals surface area contributed by atoms with Crippen LogP contribution < -0.4 is 20.1 Å². The summed E-state index contributed by atoms with van der Waals surface area (Å²) in [7, 11) is 4.26. The van der Waals surface area contributed by atoms with Crippen LogP contribution in [0.3, 0.4) is 0 Å². The fourth-order valence-corrected chi connectivity index (χ4v) is 2.28. The van der Waals surface area contributed by atoms with Crippen molar-refractivity contribution in [2.45, 2.75) is 6.10 Å². The number of benzene rings is 2. The molecule has 0 heterocycles.